The van der Waals surface area contributed by atoms with Crippen LogP contribution in [0, 0.1) is 5.82 Å². The Bertz CT molecular complexity index is 937. The molecule has 0 bridgehead atoms. The van der Waals surface area contributed by atoms with Crippen LogP contribution in [0.15, 0.2) is 54.6 Å². The Morgan fingerprint density at radius 1 is 1.10 bits per heavy atom. The quantitative estimate of drug-likeness (QED) is 0.672. The first kappa shape index (κ1) is 20.4. The predicted molar refractivity (Wildman–Crippen MR) is 109 cm³/mol. The first-order valence-electron chi connectivity index (χ1n) is 8.91. The molecule has 0 saturated carbocycles. The number of benzene rings is 2. The van der Waals surface area contributed by atoms with Crippen molar-refractivity contribution in [1.82, 2.24) is 10.4 Å². The number of nitrogens with zero attached hydrogens (tertiary/aromatic N) is 2. The summed E-state index contributed by atoms with van der Waals surface area (Å²) < 4.78 is 13.2. The fraction of sp³-hybridized carbons (Fsp3) is 0.200. The van der Waals surface area contributed by atoms with Crippen LogP contribution in [0.2, 0.25) is 0 Å². The minimum absolute atomic E-state index is 0.0130. The van der Waals surface area contributed by atoms with Gasteiger partial charge < -0.3 is 5.73 Å². The molecule has 0 aromatic heterocycles. The normalized spacial score (nSPS) is 16.2. The molecule has 1 heterocycles. The molecule has 0 radical (unpaired) electrons. The lowest BCUT2D eigenvalue weighted by atomic mass is 10.1. The molecule has 0 unspecified atom stereocenters. The molecule has 1 saturated heterocycles. The molecular formula is C20H19FN4O3S. The third-order valence-electron chi connectivity index (χ3n) is 4.42. The van der Waals surface area contributed by atoms with E-state index in [1.165, 1.54) is 29.3 Å². The van der Waals surface area contributed by atoms with E-state index in [0.29, 0.717) is 12.1 Å². The molecule has 2 aromatic rings. The average Bonchev–Trinajstić information content (AvgIpc) is 2.92. The summed E-state index contributed by atoms with van der Waals surface area (Å²) in [6.45, 7) is 0. The molecule has 1 atom stereocenters. The van der Waals surface area contributed by atoms with E-state index in [9.17, 15) is 18.8 Å². The van der Waals surface area contributed by atoms with E-state index in [0.717, 1.165) is 10.5 Å². The minimum Gasteiger partial charge on any atom is -0.370 e. The number of hydrazine groups is 1. The Balaban J connectivity index is 1.76. The summed E-state index contributed by atoms with van der Waals surface area (Å²) in [5.74, 6) is -2.06. The molecule has 9 heteroatoms. The van der Waals surface area contributed by atoms with E-state index in [-0.39, 0.29) is 23.9 Å². The van der Waals surface area contributed by atoms with Crippen molar-refractivity contribution in [1.29, 1.82) is 0 Å². The zero-order valence-electron chi connectivity index (χ0n) is 15.4. The third kappa shape index (κ3) is 4.75. The lowest BCUT2D eigenvalue weighted by Crippen LogP contribution is -2.49. The number of carbonyl (C=O) groups is 3. The molecule has 7 nitrogen and oxygen atoms in total. The lowest BCUT2D eigenvalue weighted by molar-refractivity contribution is -0.129. The summed E-state index contributed by atoms with van der Waals surface area (Å²) in [5.41, 5.74) is 9.20. The van der Waals surface area contributed by atoms with Crippen LogP contribution in [0.1, 0.15) is 18.4 Å². The number of nitrogens with two attached hydrogens (primary N) is 1. The highest BCUT2D eigenvalue weighted by Gasteiger charge is 2.45. The molecular weight excluding hydrogens is 395 g/mol. The maximum Gasteiger partial charge on any atom is 0.258 e. The number of rotatable bonds is 7. The van der Waals surface area contributed by atoms with Crippen LogP contribution >= 0.6 is 12.2 Å². The predicted octanol–water partition coefficient (Wildman–Crippen LogP) is 1.67. The number of aryl methyl sites for hydroxylation is 1. The van der Waals surface area contributed by atoms with Crippen molar-refractivity contribution in [3.63, 3.8) is 0 Å². The van der Waals surface area contributed by atoms with Crippen molar-refractivity contribution in [3.05, 3.63) is 66.0 Å². The van der Waals surface area contributed by atoms with Crippen LogP contribution < -0.4 is 16.1 Å². The van der Waals surface area contributed by atoms with E-state index in [4.69, 9.17) is 18.0 Å². The Kier molecular flexibility index (Phi) is 6.18. The van der Waals surface area contributed by atoms with E-state index in [1.54, 1.807) is 0 Å². The smallest absolute Gasteiger partial charge is 0.258 e. The van der Waals surface area contributed by atoms with Gasteiger partial charge in [0, 0.05) is 6.42 Å². The Labute approximate surface area is 172 Å². The first-order valence-corrected chi connectivity index (χ1v) is 9.32. The van der Waals surface area contributed by atoms with Gasteiger partial charge in [0.25, 0.3) is 5.91 Å². The second-order valence-electron chi connectivity index (χ2n) is 6.51. The topological polar surface area (TPSA) is 95.7 Å². The number of carbonyl (C=O) groups excluding carboxylic acids is 3. The highest BCUT2D eigenvalue weighted by atomic mass is 32.1. The fourth-order valence-electron chi connectivity index (χ4n) is 3.01. The van der Waals surface area contributed by atoms with E-state index in [1.807, 2.05) is 30.3 Å². The van der Waals surface area contributed by atoms with Crippen molar-refractivity contribution < 1.29 is 18.8 Å². The summed E-state index contributed by atoms with van der Waals surface area (Å²) in [5, 5.41) is 1.17. The molecule has 1 aliphatic rings. The molecule has 0 spiro atoms. The van der Waals surface area contributed by atoms with Gasteiger partial charge in [-0.2, -0.15) is 0 Å². The molecule has 1 fully saturated rings. The van der Waals surface area contributed by atoms with Gasteiger partial charge in [-0.05, 0) is 48.5 Å². The second-order valence-corrected chi connectivity index (χ2v) is 6.87. The summed E-state index contributed by atoms with van der Waals surface area (Å²) in [6, 6.07) is 13.6. The largest absolute Gasteiger partial charge is 0.370 e. The van der Waals surface area contributed by atoms with Crippen LogP contribution in [0.5, 0.6) is 0 Å². The van der Waals surface area contributed by atoms with Gasteiger partial charge in [-0.15, -0.1) is 0 Å². The SMILES string of the molecule is NC(=O)C[C@@H]1C(=O)N(c2ccc(F)cc2)C(=S)N1NC(=O)CCc1ccccc1. The number of halogens is 1. The van der Waals surface area contributed by atoms with Gasteiger partial charge in [0.1, 0.15) is 11.9 Å². The number of amides is 3. The van der Waals surface area contributed by atoms with E-state index in [2.05, 4.69) is 5.43 Å². The number of primary amides is 1. The van der Waals surface area contributed by atoms with Gasteiger partial charge >= 0.3 is 0 Å². The maximum absolute atomic E-state index is 13.2. The molecule has 3 N–H and O–H groups in total. The van der Waals surface area contributed by atoms with Gasteiger partial charge in [-0.1, -0.05) is 30.3 Å². The Morgan fingerprint density at radius 3 is 2.38 bits per heavy atom. The van der Waals surface area contributed by atoms with Crippen molar-refractivity contribution in [2.24, 2.45) is 5.73 Å². The van der Waals surface area contributed by atoms with Crippen molar-refractivity contribution in [2.45, 2.75) is 25.3 Å². The van der Waals surface area contributed by atoms with Crippen LogP contribution in [0.4, 0.5) is 10.1 Å². The van der Waals surface area contributed by atoms with E-state index < -0.39 is 23.7 Å². The Hall–Kier alpha value is -3.33. The molecule has 2 aromatic carbocycles. The highest BCUT2D eigenvalue weighted by Crippen LogP contribution is 2.26. The first-order chi connectivity index (χ1) is 13.9. The zero-order valence-corrected chi connectivity index (χ0v) is 16.2. The maximum atomic E-state index is 13.2. The Morgan fingerprint density at radius 2 is 1.76 bits per heavy atom. The fourth-order valence-corrected chi connectivity index (χ4v) is 3.38. The molecule has 3 rings (SSSR count). The minimum atomic E-state index is -1.06. The van der Waals surface area contributed by atoms with Crippen LogP contribution in [0.3, 0.4) is 0 Å². The molecule has 1 aliphatic heterocycles. The van der Waals surface area contributed by atoms with Gasteiger partial charge in [0.05, 0.1) is 12.1 Å². The molecule has 3 amide bonds. The lowest BCUT2D eigenvalue weighted by Gasteiger charge is -2.24. The van der Waals surface area contributed by atoms with Crippen molar-refractivity contribution in [3.8, 4) is 0 Å². The van der Waals surface area contributed by atoms with Gasteiger partial charge in [-0.25, -0.2) is 9.40 Å². The summed E-state index contributed by atoms with van der Waals surface area (Å²) in [7, 11) is 0. The number of anilines is 1. The molecule has 29 heavy (non-hydrogen) atoms. The van der Waals surface area contributed by atoms with E-state index >= 15 is 0 Å². The van der Waals surface area contributed by atoms with Crippen molar-refractivity contribution >= 4 is 40.7 Å². The number of nitrogens with one attached hydrogen (secondary N) is 1. The monoisotopic (exact) mass is 414 g/mol. The van der Waals surface area contributed by atoms with Gasteiger partial charge in [-0.3, -0.25) is 24.7 Å². The van der Waals surface area contributed by atoms with Crippen molar-refractivity contribution in [2.75, 3.05) is 4.90 Å². The van der Waals surface area contributed by atoms with Crippen LogP contribution in [0.25, 0.3) is 0 Å². The third-order valence-corrected chi connectivity index (χ3v) is 4.80. The summed E-state index contributed by atoms with van der Waals surface area (Å²) in [6.07, 6.45) is 0.343. The summed E-state index contributed by atoms with van der Waals surface area (Å²) >= 11 is 5.35. The highest BCUT2D eigenvalue weighted by molar-refractivity contribution is 7.80. The second kappa shape index (κ2) is 8.78. The number of thiocarbonyl (C=S) groups is 1. The zero-order chi connectivity index (χ0) is 21.0. The van der Waals surface area contributed by atoms with Gasteiger partial charge in [0.15, 0.2) is 0 Å². The van der Waals surface area contributed by atoms with Crippen LogP contribution in [-0.2, 0) is 20.8 Å². The summed E-state index contributed by atoms with van der Waals surface area (Å²) in [4.78, 5) is 37.9. The molecule has 0 aliphatic carbocycles. The van der Waals surface area contributed by atoms with Gasteiger partial charge in [0.2, 0.25) is 16.9 Å². The molecule has 150 valence electrons. The standard InChI is InChI=1S/C20H19FN4O3S/c21-14-7-9-15(10-8-14)24-19(28)16(12-17(22)26)25(20(24)29)23-18(27)11-6-13-4-2-1-3-5-13/h1-5,7-10,16H,6,11-12H2,(H2,22,26)(H,23,27)/t16-/m1/s1. The number of hydrogen-bond acceptors (Lipinski definition) is 4. The number of hydrogen-bond donors (Lipinski definition) is 2. The average molecular weight is 414 g/mol. The van der Waals surface area contributed by atoms with Crippen LogP contribution in [-0.4, -0.2) is 33.9 Å².